The van der Waals surface area contributed by atoms with Gasteiger partial charge in [0, 0.05) is 25.2 Å². The number of nitrogens with one attached hydrogen (secondary N) is 1. The van der Waals surface area contributed by atoms with Crippen molar-refractivity contribution in [2.24, 2.45) is 0 Å². The lowest BCUT2D eigenvalue weighted by molar-refractivity contribution is 0.0342. The van der Waals surface area contributed by atoms with Crippen LogP contribution < -0.4 is 0 Å². The molecule has 1 aromatic carbocycles. The first-order valence-electron chi connectivity index (χ1n) is 6.91. The van der Waals surface area contributed by atoms with Crippen LogP contribution in [0, 0.1) is 0 Å². The zero-order valence-corrected chi connectivity index (χ0v) is 11.6. The molecule has 6 nitrogen and oxygen atoms in total. The molecule has 0 amide bonds. The number of nitrogens with zero attached hydrogens (tertiary/aromatic N) is 2. The Labute approximate surface area is 122 Å². The predicted octanol–water partition coefficient (Wildman–Crippen LogP) is 1.61. The van der Waals surface area contributed by atoms with Crippen LogP contribution in [-0.4, -0.2) is 52.5 Å². The molecule has 0 aliphatic carbocycles. The van der Waals surface area contributed by atoms with E-state index < -0.39 is 5.97 Å². The summed E-state index contributed by atoms with van der Waals surface area (Å²) in [5.41, 5.74) is 2.87. The highest BCUT2D eigenvalue weighted by Crippen LogP contribution is 2.24. The molecule has 0 radical (unpaired) electrons. The van der Waals surface area contributed by atoms with Crippen LogP contribution in [0.1, 0.15) is 16.1 Å². The molecule has 2 heterocycles. The van der Waals surface area contributed by atoms with Crippen LogP contribution in [0.4, 0.5) is 0 Å². The monoisotopic (exact) mass is 287 g/mol. The molecule has 110 valence electrons. The van der Waals surface area contributed by atoms with Crippen LogP contribution in [0.15, 0.2) is 30.3 Å². The Morgan fingerprint density at radius 3 is 2.81 bits per heavy atom. The summed E-state index contributed by atoms with van der Waals surface area (Å²) in [5, 5.41) is 15.6. The van der Waals surface area contributed by atoms with Gasteiger partial charge in [0.25, 0.3) is 0 Å². The minimum absolute atomic E-state index is 0.103. The third-order valence-electron chi connectivity index (χ3n) is 3.60. The number of aromatic nitrogens is 2. The lowest BCUT2D eigenvalue weighted by Crippen LogP contribution is -2.35. The standard InChI is InChI=1S/C15H17N3O3/c19-15(20)14-9-13(16-17-14)12-4-2-1-3-11(12)10-18-5-7-21-8-6-18/h1-4,9H,5-8,10H2,(H,16,17)(H,19,20). The van der Waals surface area contributed by atoms with Crippen molar-refractivity contribution in [2.45, 2.75) is 6.54 Å². The molecule has 1 aliphatic heterocycles. The molecule has 0 spiro atoms. The molecular weight excluding hydrogens is 270 g/mol. The molecule has 2 aromatic rings. The van der Waals surface area contributed by atoms with Crippen molar-refractivity contribution in [1.82, 2.24) is 15.1 Å². The number of hydrogen-bond acceptors (Lipinski definition) is 4. The smallest absolute Gasteiger partial charge is 0.353 e. The van der Waals surface area contributed by atoms with Gasteiger partial charge in [-0.3, -0.25) is 10.00 Å². The van der Waals surface area contributed by atoms with E-state index in [1.165, 1.54) is 0 Å². The quantitative estimate of drug-likeness (QED) is 0.893. The number of ether oxygens (including phenoxy) is 1. The van der Waals surface area contributed by atoms with Gasteiger partial charge < -0.3 is 9.84 Å². The van der Waals surface area contributed by atoms with E-state index in [4.69, 9.17) is 9.84 Å². The largest absolute Gasteiger partial charge is 0.477 e. The SMILES string of the molecule is O=C(O)c1cc(-c2ccccc2CN2CCOCC2)n[nH]1. The molecule has 3 rings (SSSR count). The summed E-state index contributed by atoms with van der Waals surface area (Å²) in [4.78, 5) is 13.3. The number of aromatic amines is 1. The van der Waals surface area contributed by atoms with E-state index in [2.05, 4.69) is 21.2 Å². The van der Waals surface area contributed by atoms with Crippen molar-refractivity contribution in [1.29, 1.82) is 0 Å². The lowest BCUT2D eigenvalue weighted by Gasteiger charge is -2.27. The molecule has 6 heteroatoms. The van der Waals surface area contributed by atoms with Crippen molar-refractivity contribution >= 4 is 5.97 Å². The summed E-state index contributed by atoms with van der Waals surface area (Å²) in [6, 6.07) is 9.52. The van der Waals surface area contributed by atoms with Gasteiger partial charge in [0.1, 0.15) is 5.69 Å². The molecule has 0 bridgehead atoms. The van der Waals surface area contributed by atoms with E-state index in [1.54, 1.807) is 6.07 Å². The highest BCUT2D eigenvalue weighted by atomic mass is 16.5. The minimum Gasteiger partial charge on any atom is -0.477 e. The van der Waals surface area contributed by atoms with E-state index in [0.717, 1.165) is 44.0 Å². The van der Waals surface area contributed by atoms with Gasteiger partial charge in [-0.2, -0.15) is 5.10 Å². The van der Waals surface area contributed by atoms with Crippen molar-refractivity contribution < 1.29 is 14.6 Å². The first-order valence-corrected chi connectivity index (χ1v) is 6.91. The normalized spacial score (nSPS) is 16.0. The van der Waals surface area contributed by atoms with E-state index >= 15 is 0 Å². The maximum absolute atomic E-state index is 11.0. The van der Waals surface area contributed by atoms with Crippen molar-refractivity contribution in [2.75, 3.05) is 26.3 Å². The van der Waals surface area contributed by atoms with Gasteiger partial charge in [-0.05, 0) is 11.6 Å². The van der Waals surface area contributed by atoms with Gasteiger partial charge in [-0.25, -0.2) is 4.79 Å². The Bertz CT molecular complexity index is 633. The molecule has 0 atom stereocenters. The molecule has 21 heavy (non-hydrogen) atoms. The number of carbonyl (C=O) groups is 1. The van der Waals surface area contributed by atoms with Crippen LogP contribution in [0.2, 0.25) is 0 Å². The summed E-state index contributed by atoms with van der Waals surface area (Å²) in [6.45, 7) is 4.15. The van der Waals surface area contributed by atoms with Gasteiger partial charge in [-0.15, -0.1) is 0 Å². The van der Waals surface area contributed by atoms with E-state index in [1.807, 2.05) is 18.2 Å². The summed E-state index contributed by atoms with van der Waals surface area (Å²) in [5.74, 6) is -1.00. The Morgan fingerprint density at radius 2 is 2.10 bits per heavy atom. The second kappa shape index (κ2) is 6.07. The van der Waals surface area contributed by atoms with Crippen molar-refractivity contribution in [3.63, 3.8) is 0 Å². The maximum Gasteiger partial charge on any atom is 0.353 e. The highest BCUT2D eigenvalue weighted by Gasteiger charge is 2.15. The molecule has 0 saturated carbocycles. The zero-order chi connectivity index (χ0) is 14.7. The van der Waals surface area contributed by atoms with Gasteiger partial charge in [0.05, 0.1) is 18.9 Å². The number of benzene rings is 1. The number of morpholine rings is 1. The topological polar surface area (TPSA) is 78.4 Å². The fourth-order valence-electron chi connectivity index (χ4n) is 2.48. The summed E-state index contributed by atoms with van der Waals surface area (Å²) in [6.07, 6.45) is 0. The van der Waals surface area contributed by atoms with E-state index in [-0.39, 0.29) is 5.69 Å². The van der Waals surface area contributed by atoms with Crippen LogP contribution in [0.5, 0.6) is 0 Å². The molecule has 2 N–H and O–H groups in total. The predicted molar refractivity (Wildman–Crippen MR) is 77.1 cm³/mol. The Hall–Kier alpha value is -2.18. The highest BCUT2D eigenvalue weighted by molar-refractivity contribution is 5.87. The maximum atomic E-state index is 11.0. The fraction of sp³-hybridized carbons (Fsp3) is 0.333. The van der Waals surface area contributed by atoms with E-state index in [9.17, 15) is 4.79 Å². The van der Waals surface area contributed by atoms with Gasteiger partial charge >= 0.3 is 5.97 Å². The molecule has 1 aromatic heterocycles. The zero-order valence-electron chi connectivity index (χ0n) is 11.6. The molecule has 1 saturated heterocycles. The van der Waals surface area contributed by atoms with Crippen molar-refractivity contribution in [3.8, 4) is 11.3 Å². The first-order chi connectivity index (χ1) is 10.2. The number of aromatic carboxylic acids is 1. The minimum atomic E-state index is -1.00. The van der Waals surface area contributed by atoms with Crippen LogP contribution in [0.25, 0.3) is 11.3 Å². The molecular formula is C15H17N3O3. The Balaban J connectivity index is 1.85. The van der Waals surface area contributed by atoms with E-state index in [0.29, 0.717) is 5.69 Å². The number of hydrogen-bond donors (Lipinski definition) is 2. The third kappa shape index (κ3) is 3.12. The van der Waals surface area contributed by atoms with Crippen LogP contribution in [-0.2, 0) is 11.3 Å². The number of H-pyrrole nitrogens is 1. The van der Waals surface area contributed by atoms with Crippen molar-refractivity contribution in [3.05, 3.63) is 41.6 Å². The van der Waals surface area contributed by atoms with Crippen LogP contribution in [0.3, 0.4) is 0 Å². The third-order valence-corrected chi connectivity index (χ3v) is 3.60. The van der Waals surface area contributed by atoms with Gasteiger partial charge in [0.2, 0.25) is 0 Å². The number of carboxylic acids is 1. The average molecular weight is 287 g/mol. The summed E-state index contributed by atoms with van der Waals surface area (Å²) >= 11 is 0. The second-order valence-corrected chi connectivity index (χ2v) is 5.02. The number of carboxylic acid groups (broad SMARTS) is 1. The fourth-order valence-corrected chi connectivity index (χ4v) is 2.48. The Kier molecular flexibility index (Phi) is 3.98. The summed E-state index contributed by atoms with van der Waals surface area (Å²) < 4.78 is 5.36. The molecule has 1 fully saturated rings. The number of rotatable bonds is 4. The second-order valence-electron chi connectivity index (χ2n) is 5.02. The summed E-state index contributed by atoms with van der Waals surface area (Å²) in [7, 11) is 0. The Morgan fingerprint density at radius 1 is 1.33 bits per heavy atom. The lowest BCUT2D eigenvalue weighted by atomic mass is 10.0. The molecule has 1 aliphatic rings. The molecule has 0 unspecified atom stereocenters. The average Bonchev–Trinajstić information content (AvgIpc) is 2.99. The van der Waals surface area contributed by atoms with Gasteiger partial charge in [-0.1, -0.05) is 24.3 Å². The first kappa shape index (κ1) is 13.8. The van der Waals surface area contributed by atoms with Gasteiger partial charge in [0.15, 0.2) is 0 Å². The van der Waals surface area contributed by atoms with Crippen LogP contribution >= 0.6 is 0 Å².